The van der Waals surface area contributed by atoms with E-state index in [4.69, 9.17) is 4.74 Å². The Kier molecular flexibility index (Phi) is 2.32. The lowest BCUT2D eigenvalue weighted by molar-refractivity contribution is -0.186. The van der Waals surface area contributed by atoms with Crippen molar-refractivity contribution in [1.29, 1.82) is 0 Å². The fourth-order valence-corrected chi connectivity index (χ4v) is 1.25. The van der Waals surface area contributed by atoms with Crippen LogP contribution in [0.25, 0.3) is 0 Å². The topological polar surface area (TPSA) is 29.5 Å². The molecule has 1 rings (SSSR count). The lowest BCUT2D eigenvalue weighted by atomic mass is 9.89. The Morgan fingerprint density at radius 2 is 2.20 bits per heavy atom. The van der Waals surface area contributed by atoms with Crippen LogP contribution in [0.3, 0.4) is 0 Å². The van der Waals surface area contributed by atoms with Crippen LogP contribution in [0.15, 0.2) is 0 Å². The Balaban J connectivity index is 2.22. The van der Waals surface area contributed by atoms with Gasteiger partial charge in [-0.3, -0.25) is 0 Å². The fourth-order valence-electron chi connectivity index (χ4n) is 1.25. The van der Waals surface area contributed by atoms with Crippen LogP contribution < -0.4 is 0 Å². The summed E-state index contributed by atoms with van der Waals surface area (Å²) in [7, 11) is 0. The summed E-state index contributed by atoms with van der Waals surface area (Å²) in [5, 5.41) is 9.59. The van der Waals surface area contributed by atoms with Gasteiger partial charge < -0.3 is 9.84 Å². The van der Waals surface area contributed by atoms with Crippen LogP contribution in [0.5, 0.6) is 0 Å². The van der Waals surface area contributed by atoms with Crippen molar-refractivity contribution in [3.8, 4) is 0 Å². The van der Waals surface area contributed by atoms with E-state index in [1.165, 1.54) is 0 Å². The second-order valence-electron chi connectivity index (χ2n) is 3.43. The molecule has 0 aliphatic carbocycles. The van der Waals surface area contributed by atoms with E-state index in [0.717, 1.165) is 12.8 Å². The third kappa shape index (κ3) is 1.70. The van der Waals surface area contributed by atoms with Crippen molar-refractivity contribution in [1.82, 2.24) is 0 Å². The molecule has 1 saturated heterocycles. The first kappa shape index (κ1) is 8.02. The number of aliphatic hydroxyl groups is 1. The first-order valence-corrected chi connectivity index (χ1v) is 3.96. The number of rotatable bonds is 3. The van der Waals surface area contributed by atoms with E-state index in [1.54, 1.807) is 0 Å². The van der Waals surface area contributed by atoms with E-state index in [9.17, 15) is 5.11 Å². The fraction of sp³-hybridized carbons (Fsp3) is 1.00. The van der Waals surface area contributed by atoms with Crippen molar-refractivity contribution in [3.63, 3.8) is 0 Å². The highest BCUT2D eigenvalue weighted by Crippen LogP contribution is 2.26. The van der Waals surface area contributed by atoms with E-state index in [0.29, 0.717) is 19.1 Å². The predicted octanol–water partition coefficient (Wildman–Crippen LogP) is 1.18. The lowest BCUT2D eigenvalue weighted by Gasteiger charge is -2.38. The summed E-state index contributed by atoms with van der Waals surface area (Å²) in [5.41, 5.74) is -0.477. The molecular weight excluding hydrogens is 128 g/mol. The maximum absolute atomic E-state index is 9.59. The minimum absolute atomic E-state index is 0.477. The molecule has 1 atom stereocenters. The van der Waals surface area contributed by atoms with Crippen LogP contribution in [0.4, 0.5) is 0 Å². The lowest BCUT2D eigenvalue weighted by Crippen LogP contribution is -2.50. The molecule has 10 heavy (non-hydrogen) atoms. The van der Waals surface area contributed by atoms with Crippen LogP contribution in [0, 0.1) is 5.92 Å². The molecule has 2 nitrogen and oxygen atoms in total. The van der Waals surface area contributed by atoms with E-state index in [1.807, 2.05) is 0 Å². The van der Waals surface area contributed by atoms with E-state index in [2.05, 4.69) is 13.8 Å². The van der Waals surface area contributed by atoms with Crippen LogP contribution in [0.2, 0.25) is 0 Å². The minimum Gasteiger partial charge on any atom is -0.385 e. The maximum Gasteiger partial charge on any atom is 0.111 e. The van der Waals surface area contributed by atoms with Gasteiger partial charge in [0.25, 0.3) is 0 Å². The summed E-state index contributed by atoms with van der Waals surface area (Å²) >= 11 is 0. The van der Waals surface area contributed by atoms with Crippen molar-refractivity contribution in [2.45, 2.75) is 32.3 Å². The van der Waals surface area contributed by atoms with Crippen molar-refractivity contribution in [2.24, 2.45) is 5.92 Å². The van der Waals surface area contributed by atoms with E-state index in [-0.39, 0.29) is 0 Å². The molecule has 0 aromatic rings. The highest BCUT2D eigenvalue weighted by atomic mass is 16.5. The van der Waals surface area contributed by atoms with Crippen molar-refractivity contribution in [2.75, 3.05) is 13.2 Å². The zero-order chi connectivity index (χ0) is 7.61. The SMILES string of the molecule is CC[C@H](C)CC1(O)COC1. The summed E-state index contributed by atoms with van der Waals surface area (Å²) < 4.78 is 4.93. The average Bonchev–Trinajstić information content (AvgIpc) is 1.84. The smallest absolute Gasteiger partial charge is 0.111 e. The highest BCUT2D eigenvalue weighted by molar-refractivity contribution is 4.86. The van der Waals surface area contributed by atoms with Gasteiger partial charge in [0.1, 0.15) is 5.60 Å². The minimum atomic E-state index is -0.477. The third-order valence-corrected chi connectivity index (χ3v) is 2.17. The van der Waals surface area contributed by atoms with Crippen molar-refractivity contribution >= 4 is 0 Å². The van der Waals surface area contributed by atoms with E-state index < -0.39 is 5.60 Å². The van der Waals surface area contributed by atoms with E-state index >= 15 is 0 Å². The number of hydrogen-bond acceptors (Lipinski definition) is 2. The highest BCUT2D eigenvalue weighted by Gasteiger charge is 2.36. The molecule has 0 spiro atoms. The maximum atomic E-state index is 9.59. The molecule has 0 aromatic carbocycles. The van der Waals surface area contributed by atoms with Gasteiger partial charge in [-0.15, -0.1) is 0 Å². The van der Waals surface area contributed by atoms with Gasteiger partial charge in [0.05, 0.1) is 13.2 Å². The first-order valence-electron chi connectivity index (χ1n) is 3.96. The van der Waals surface area contributed by atoms with Gasteiger partial charge in [0, 0.05) is 0 Å². The molecule has 0 radical (unpaired) electrons. The molecule has 0 bridgehead atoms. The summed E-state index contributed by atoms with van der Waals surface area (Å²) in [4.78, 5) is 0. The summed E-state index contributed by atoms with van der Waals surface area (Å²) in [6.07, 6.45) is 2.03. The molecular formula is C8H16O2. The summed E-state index contributed by atoms with van der Waals surface area (Å²) in [6.45, 7) is 5.39. The monoisotopic (exact) mass is 144 g/mol. The number of hydrogen-bond donors (Lipinski definition) is 1. The van der Waals surface area contributed by atoms with Gasteiger partial charge in [-0.2, -0.15) is 0 Å². The van der Waals surface area contributed by atoms with Gasteiger partial charge in [-0.25, -0.2) is 0 Å². The summed E-state index contributed by atoms with van der Waals surface area (Å²) in [6, 6.07) is 0. The van der Waals surface area contributed by atoms with Crippen LogP contribution >= 0.6 is 0 Å². The zero-order valence-electron chi connectivity index (χ0n) is 6.76. The summed E-state index contributed by atoms with van der Waals surface area (Å²) in [5.74, 6) is 0.619. The molecule has 1 aliphatic heterocycles. The van der Waals surface area contributed by atoms with Gasteiger partial charge in [-0.1, -0.05) is 20.3 Å². The standard InChI is InChI=1S/C8H16O2/c1-3-7(2)4-8(9)5-10-6-8/h7,9H,3-6H2,1-2H3/t7-/m0/s1. The average molecular weight is 144 g/mol. The predicted molar refractivity (Wildman–Crippen MR) is 39.8 cm³/mol. The van der Waals surface area contributed by atoms with Crippen molar-refractivity contribution in [3.05, 3.63) is 0 Å². The van der Waals surface area contributed by atoms with Gasteiger partial charge in [-0.05, 0) is 12.3 Å². The molecule has 2 heteroatoms. The van der Waals surface area contributed by atoms with Crippen LogP contribution in [-0.2, 0) is 4.74 Å². The molecule has 1 fully saturated rings. The Hall–Kier alpha value is -0.0800. The molecule has 0 unspecified atom stereocenters. The quantitative estimate of drug-likeness (QED) is 0.644. The molecule has 60 valence electrons. The van der Waals surface area contributed by atoms with Gasteiger partial charge in [0.2, 0.25) is 0 Å². The second kappa shape index (κ2) is 2.89. The van der Waals surface area contributed by atoms with Crippen LogP contribution in [-0.4, -0.2) is 23.9 Å². The zero-order valence-corrected chi connectivity index (χ0v) is 6.76. The Bertz CT molecular complexity index is 108. The molecule has 0 aromatic heterocycles. The van der Waals surface area contributed by atoms with Gasteiger partial charge in [0.15, 0.2) is 0 Å². The van der Waals surface area contributed by atoms with Crippen molar-refractivity contribution < 1.29 is 9.84 Å². The van der Waals surface area contributed by atoms with Crippen LogP contribution in [0.1, 0.15) is 26.7 Å². The molecule has 1 heterocycles. The molecule has 0 amide bonds. The largest absolute Gasteiger partial charge is 0.385 e. The Morgan fingerprint density at radius 1 is 1.60 bits per heavy atom. The second-order valence-corrected chi connectivity index (χ2v) is 3.43. The normalized spacial score (nSPS) is 25.5. The Morgan fingerprint density at radius 3 is 2.50 bits per heavy atom. The molecule has 0 saturated carbocycles. The third-order valence-electron chi connectivity index (χ3n) is 2.17. The molecule has 1 aliphatic rings. The Labute approximate surface area is 62.2 Å². The number of ether oxygens (including phenoxy) is 1. The molecule has 1 N–H and O–H groups in total. The van der Waals surface area contributed by atoms with Gasteiger partial charge >= 0.3 is 0 Å². The first-order chi connectivity index (χ1) is 4.66.